The van der Waals surface area contributed by atoms with Gasteiger partial charge in [-0.3, -0.25) is 4.40 Å². The van der Waals surface area contributed by atoms with E-state index in [0.717, 1.165) is 43.0 Å². The number of nitrogens with zero attached hydrogens (tertiary/aromatic N) is 3. The lowest BCUT2D eigenvalue weighted by Crippen LogP contribution is -2.14. The van der Waals surface area contributed by atoms with Crippen LogP contribution < -0.4 is 5.73 Å². The van der Waals surface area contributed by atoms with E-state index in [1.165, 1.54) is 0 Å². The zero-order valence-corrected chi connectivity index (χ0v) is 9.67. The average molecular weight is 232 g/mol. The Bertz CT molecular complexity index is 516. The Labute approximate surface area is 99.6 Å². The predicted octanol–water partition coefficient (Wildman–Crippen LogP) is 0.909. The van der Waals surface area contributed by atoms with Crippen molar-refractivity contribution in [1.29, 1.82) is 0 Å². The Morgan fingerprint density at radius 2 is 2.35 bits per heavy atom. The van der Waals surface area contributed by atoms with Crippen molar-refractivity contribution in [2.75, 3.05) is 6.61 Å². The molecule has 0 saturated carbocycles. The Morgan fingerprint density at radius 1 is 1.41 bits per heavy atom. The zero-order chi connectivity index (χ0) is 11.7. The van der Waals surface area contributed by atoms with Gasteiger partial charge in [0, 0.05) is 25.3 Å². The number of pyridine rings is 1. The Balaban J connectivity index is 1.98. The van der Waals surface area contributed by atoms with E-state index in [4.69, 9.17) is 10.5 Å². The lowest BCUT2D eigenvalue weighted by Gasteiger charge is -2.09. The lowest BCUT2D eigenvalue weighted by molar-refractivity contribution is 0.109. The lowest BCUT2D eigenvalue weighted by atomic mass is 10.2. The van der Waals surface area contributed by atoms with E-state index >= 15 is 0 Å². The van der Waals surface area contributed by atoms with Gasteiger partial charge in [-0.1, -0.05) is 6.07 Å². The first-order chi connectivity index (χ1) is 8.38. The Morgan fingerprint density at radius 3 is 3.12 bits per heavy atom. The largest absolute Gasteiger partial charge is 0.378 e. The summed E-state index contributed by atoms with van der Waals surface area (Å²) in [7, 11) is 0. The van der Waals surface area contributed by atoms with Gasteiger partial charge in [-0.2, -0.15) is 0 Å². The van der Waals surface area contributed by atoms with Crippen molar-refractivity contribution in [3.8, 4) is 0 Å². The van der Waals surface area contributed by atoms with Gasteiger partial charge in [-0.15, -0.1) is 10.2 Å². The molecule has 3 rings (SSSR count). The van der Waals surface area contributed by atoms with Crippen molar-refractivity contribution in [2.45, 2.75) is 31.9 Å². The molecule has 1 aliphatic rings. The van der Waals surface area contributed by atoms with Crippen LogP contribution >= 0.6 is 0 Å². The first-order valence-corrected chi connectivity index (χ1v) is 6.02. The molecule has 2 aromatic rings. The van der Waals surface area contributed by atoms with Gasteiger partial charge in [0.25, 0.3) is 0 Å². The summed E-state index contributed by atoms with van der Waals surface area (Å²) in [5.74, 6) is 0.952. The molecule has 0 amide bonds. The van der Waals surface area contributed by atoms with Gasteiger partial charge in [-0.25, -0.2) is 0 Å². The molecule has 3 heterocycles. The fourth-order valence-electron chi connectivity index (χ4n) is 2.37. The van der Waals surface area contributed by atoms with Crippen LogP contribution in [0, 0.1) is 0 Å². The van der Waals surface area contributed by atoms with Gasteiger partial charge in [0.15, 0.2) is 5.65 Å². The molecule has 2 aromatic heterocycles. The summed E-state index contributed by atoms with van der Waals surface area (Å²) in [6.07, 6.45) is 3.36. The van der Waals surface area contributed by atoms with Crippen molar-refractivity contribution >= 4 is 5.65 Å². The third kappa shape index (κ3) is 1.92. The minimum atomic E-state index is 0.285. The van der Waals surface area contributed by atoms with E-state index in [9.17, 15) is 0 Å². The van der Waals surface area contributed by atoms with Crippen LogP contribution in [0.1, 0.15) is 24.4 Å². The number of aromatic nitrogens is 3. The molecule has 5 nitrogen and oxygen atoms in total. The van der Waals surface area contributed by atoms with Crippen molar-refractivity contribution < 1.29 is 4.74 Å². The number of rotatable bonds is 3. The Kier molecular flexibility index (Phi) is 2.78. The van der Waals surface area contributed by atoms with Gasteiger partial charge < -0.3 is 10.5 Å². The zero-order valence-electron chi connectivity index (χ0n) is 9.67. The summed E-state index contributed by atoms with van der Waals surface area (Å²) in [4.78, 5) is 0. The number of ether oxygens (including phenoxy) is 1. The van der Waals surface area contributed by atoms with Gasteiger partial charge in [0.2, 0.25) is 0 Å². The van der Waals surface area contributed by atoms with Crippen molar-refractivity contribution in [3.05, 3.63) is 29.7 Å². The van der Waals surface area contributed by atoms with Crippen LogP contribution in [0.25, 0.3) is 5.65 Å². The van der Waals surface area contributed by atoms with E-state index in [1.807, 2.05) is 22.6 Å². The maximum absolute atomic E-state index is 5.74. The molecule has 1 aliphatic heterocycles. The van der Waals surface area contributed by atoms with E-state index in [1.54, 1.807) is 0 Å². The molecular formula is C12H16N4O. The van der Waals surface area contributed by atoms with Crippen LogP contribution in [0.4, 0.5) is 0 Å². The first-order valence-electron chi connectivity index (χ1n) is 6.02. The van der Waals surface area contributed by atoms with Crippen molar-refractivity contribution in [3.63, 3.8) is 0 Å². The molecule has 1 saturated heterocycles. The highest BCUT2D eigenvalue weighted by atomic mass is 16.5. The van der Waals surface area contributed by atoms with Crippen LogP contribution in [0.3, 0.4) is 0 Å². The minimum absolute atomic E-state index is 0.285. The number of hydrogen-bond acceptors (Lipinski definition) is 4. The summed E-state index contributed by atoms with van der Waals surface area (Å²) in [6, 6.07) is 5.92. The molecule has 0 aliphatic carbocycles. The van der Waals surface area contributed by atoms with Crippen LogP contribution in [-0.4, -0.2) is 27.3 Å². The highest BCUT2D eigenvalue weighted by Crippen LogP contribution is 2.17. The molecule has 5 heteroatoms. The van der Waals surface area contributed by atoms with E-state index < -0.39 is 0 Å². The van der Waals surface area contributed by atoms with Crippen LogP contribution in [-0.2, 0) is 17.7 Å². The quantitative estimate of drug-likeness (QED) is 0.854. The van der Waals surface area contributed by atoms with E-state index in [-0.39, 0.29) is 6.10 Å². The summed E-state index contributed by atoms with van der Waals surface area (Å²) in [5.41, 5.74) is 7.65. The highest BCUT2D eigenvalue weighted by molar-refractivity contribution is 5.40. The molecule has 90 valence electrons. The van der Waals surface area contributed by atoms with Gasteiger partial charge >= 0.3 is 0 Å². The van der Waals surface area contributed by atoms with Crippen LogP contribution in [0.5, 0.6) is 0 Å². The SMILES string of the molecule is NCc1cccc2nnc(CC3CCCO3)n12. The maximum Gasteiger partial charge on any atom is 0.161 e. The summed E-state index contributed by atoms with van der Waals surface area (Å²) in [5, 5.41) is 8.42. The second-order valence-electron chi connectivity index (χ2n) is 4.37. The minimum Gasteiger partial charge on any atom is -0.378 e. The fraction of sp³-hybridized carbons (Fsp3) is 0.500. The van der Waals surface area contributed by atoms with Crippen LogP contribution in [0.15, 0.2) is 18.2 Å². The highest BCUT2D eigenvalue weighted by Gasteiger charge is 2.19. The van der Waals surface area contributed by atoms with Gasteiger partial charge in [-0.05, 0) is 25.0 Å². The molecule has 1 unspecified atom stereocenters. The molecule has 0 spiro atoms. The average Bonchev–Trinajstić information content (AvgIpc) is 2.99. The monoisotopic (exact) mass is 232 g/mol. The maximum atomic E-state index is 5.74. The fourth-order valence-corrected chi connectivity index (χ4v) is 2.37. The topological polar surface area (TPSA) is 65.4 Å². The molecule has 0 radical (unpaired) electrons. The second kappa shape index (κ2) is 4.43. The smallest absolute Gasteiger partial charge is 0.161 e. The normalized spacial score (nSPS) is 20.2. The molecule has 17 heavy (non-hydrogen) atoms. The standard InChI is InChI=1S/C12H16N4O/c13-8-9-3-1-5-11-14-15-12(16(9)11)7-10-4-2-6-17-10/h1,3,5,10H,2,4,6-8,13H2. The third-order valence-corrected chi connectivity index (χ3v) is 3.22. The summed E-state index contributed by atoms with van der Waals surface area (Å²) < 4.78 is 7.68. The summed E-state index contributed by atoms with van der Waals surface area (Å²) >= 11 is 0. The number of fused-ring (bicyclic) bond motifs is 1. The molecule has 1 atom stereocenters. The van der Waals surface area contributed by atoms with Gasteiger partial charge in [0.1, 0.15) is 5.82 Å². The second-order valence-corrected chi connectivity index (χ2v) is 4.37. The van der Waals surface area contributed by atoms with Crippen molar-refractivity contribution in [1.82, 2.24) is 14.6 Å². The third-order valence-electron chi connectivity index (χ3n) is 3.22. The molecule has 2 N–H and O–H groups in total. The molecular weight excluding hydrogens is 216 g/mol. The molecule has 0 bridgehead atoms. The first kappa shape index (κ1) is 10.7. The van der Waals surface area contributed by atoms with E-state index in [2.05, 4.69) is 10.2 Å². The molecule has 0 aromatic carbocycles. The number of hydrogen-bond donors (Lipinski definition) is 1. The van der Waals surface area contributed by atoms with Gasteiger partial charge in [0.05, 0.1) is 6.10 Å². The van der Waals surface area contributed by atoms with Crippen molar-refractivity contribution in [2.24, 2.45) is 5.73 Å². The Hall–Kier alpha value is -1.46. The van der Waals surface area contributed by atoms with Crippen LogP contribution in [0.2, 0.25) is 0 Å². The number of nitrogens with two attached hydrogens (primary N) is 1. The van der Waals surface area contributed by atoms with E-state index in [0.29, 0.717) is 6.54 Å². The molecule has 1 fully saturated rings. The predicted molar refractivity (Wildman–Crippen MR) is 63.6 cm³/mol. The summed E-state index contributed by atoms with van der Waals surface area (Å²) in [6.45, 7) is 1.36.